The number of hydrogen-bond acceptors (Lipinski definition) is 3. The van der Waals surface area contributed by atoms with Crippen molar-refractivity contribution in [3.05, 3.63) is 84.9 Å². The van der Waals surface area contributed by atoms with Crippen molar-refractivity contribution >= 4 is 16.3 Å². The molecule has 3 aromatic rings. The fraction of sp³-hybridized carbons (Fsp3) is 0.537. The predicted octanol–water partition coefficient (Wildman–Crippen LogP) is 11.9. The summed E-state index contributed by atoms with van der Waals surface area (Å²) in [6, 6.07) is 29.4. The topological polar surface area (TPSA) is 35.5 Å². The van der Waals surface area contributed by atoms with Crippen LogP contribution < -0.4 is 4.74 Å². The molecule has 4 aliphatic rings. The van der Waals surface area contributed by atoms with Crippen molar-refractivity contribution in [3.8, 4) is 5.75 Å². The molecular weight excluding hydrogens is 573 g/mol. The highest BCUT2D eigenvalue weighted by atomic mass is 32.3. The van der Waals surface area contributed by atoms with Gasteiger partial charge in [0.25, 0.3) is 0 Å². The molecule has 0 amide bonds. The van der Waals surface area contributed by atoms with E-state index < -0.39 is 10.3 Å². The van der Waals surface area contributed by atoms with E-state index in [1.165, 1.54) is 77.0 Å². The van der Waals surface area contributed by atoms with Gasteiger partial charge in [-0.2, -0.15) is 0 Å². The summed E-state index contributed by atoms with van der Waals surface area (Å²) in [4.78, 5) is 17.8. The van der Waals surface area contributed by atoms with Gasteiger partial charge in [0.2, 0.25) is 0 Å². The molecule has 0 aliphatic heterocycles. The van der Waals surface area contributed by atoms with E-state index >= 15 is 0 Å². The molecule has 3 nitrogen and oxygen atoms in total. The third-order valence-electron chi connectivity index (χ3n) is 10.7. The van der Waals surface area contributed by atoms with Crippen molar-refractivity contribution in [2.45, 2.75) is 124 Å². The molecule has 0 unspecified atom stereocenters. The molecule has 0 aromatic heterocycles. The van der Waals surface area contributed by atoms with E-state index in [9.17, 15) is 4.79 Å². The van der Waals surface area contributed by atoms with Gasteiger partial charge >= 0.3 is 5.97 Å². The molecule has 4 heteroatoms. The van der Waals surface area contributed by atoms with Crippen molar-refractivity contribution in [1.29, 1.82) is 0 Å². The second-order valence-electron chi connectivity index (χ2n) is 14.3. The number of ether oxygens (including phenoxy) is 1. The number of benzene rings is 3. The molecule has 0 N–H and O–H groups in total. The summed E-state index contributed by atoms with van der Waals surface area (Å²) in [6.45, 7) is 3.02. The Bertz CT molecular complexity index is 1260. The largest absolute Gasteiger partial charge is 0.494 e. The van der Waals surface area contributed by atoms with Gasteiger partial charge in [0.1, 0.15) is 5.75 Å². The van der Waals surface area contributed by atoms with Crippen LogP contribution in [-0.4, -0.2) is 12.6 Å². The van der Waals surface area contributed by atoms with Crippen LogP contribution in [0, 0.1) is 23.2 Å². The second-order valence-corrected chi connectivity index (χ2v) is 16.9. The normalized spacial score (nSPS) is 24.0. The molecule has 4 fully saturated rings. The molecule has 0 spiro atoms. The second kappa shape index (κ2) is 15.2. The highest BCUT2D eigenvalue weighted by Crippen LogP contribution is 2.71. The average Bonchev–Trinajstić information content (AvgIpc) is 3.06. The van der Waals surface area contributed by atoms with Gasteiger partial charge in [0.15, 0.2) is 0 Å². The summed E-state index contributed by atoms with van der Waals surface area (Å²) < 4.78 is 13.3. The lowest BCUT2D eigenvalue weighted by Crippen LogP contribution is -2.50. The van der Waals surface area contributed by atoms with Crippen LogP contribution in [0.2, 0.25) is 0 Å². The lowest BCUT2D eigenvalue weighted by Gasteiger charge is -2.56. The Labute approximate surface area is 274 Å². The minimum atomic E-state index is -2.29. The van der Waals surface area contributed by atoms with Crippen LogP contribution in [0.1, 0.15) is 110 Å². The Morgan fingerprint density at radius 1 is 0.622 bits per heavy atom. The summed E-state index contributed by atoms with van der Waals surface area (Å²) in [6.07, 6.45) is 20.1. The van der Waals surface area contributed by atoms with Crippen LogP contribution in [0.25, 0.3) is 0 Å². The number of carbonyl (C=O) groups is 1. The lowest BCUT2D eigenvalue weighted by atomic mass is 9.49. The van der Waals surface area contributed by atoms with E-state index in [0.717, 1.165) is 52.7 Å². The van der Waals surface area contributed by atoms with Gasteiger partial charge in [-0.1, -0.05) is 101 Å². The first-order valence-electron chi connectivity index (χ1n) is 18.0. The smallest absolute Gasteiger partial charge is 0.323 e. The summed E-state index contributed by atoms with van der Waals surface area (Å²) in [7, 11) is -2.29. The molecule has 0 radical (unpaired) electrons. The van der Waals surface area contributed by atoms with Gasteiger partial charge in [-0.25, -0.2) is 0 Å². The zero-order chi connectivity index (χ0) is 31.0. The first-order chi connectivity index (χ1) is 22.1. The number of hydrogen-bond donors (Lipinski definition) is 0. The minimum Gasteiger partial charge on any atom is -0.494 e. The van der Waals surface area contributed by atoms with Crippen molar-refractivity contribution in [1.82, 2.24) is 0 Å². The third kappa shape index (κ3) is 7.48. The predicted molar refractivity (Wildman–Crippen MR) is 186 cm³/mol. The summed E-state index contributed by atoms with van der Waals surface area (Å²) in [5, 5.41) is 0. The molecule has 3 aromatic carbocycles. The molecule has 0 saturated heterocycles. The SMILES string of the molecule is CCCCCCCCCCCCOc1ccc(S(OC(=O)C23CC4CC(CC(C4)C2)C3)(c2ccccc2)c2ccccc2)cc1. The zero-order valence-corrected chi connectivity index (χ0v) is 28.3. The molecular formula is C41H54O3S. The van der Waals surface area contributed by atoms with E-state index in [2.05, 4.69) is 79.7 Å². The molecule has 4 bridgehead atoms. The Morgan fingerprint density at radius 3 is 1.56 bits per heavy atom. The maximum Gasteiger partial charge on any atom is 0.323 e. The first kappa shape index (κ1) is 32.2. The van der Waals surface area contributed by atoms with Crippen LogP contribution in [-0.2, 0) is 8.98 Å². The number of carbonyl (C=O) groups excluding carboxylic acids is 1. The highest BCUT2D eigenvalue weighted by Gasteiger charge is 2.57. The van der Waals surface area contributed by atoms with Gasteiger partial charge in [-0.05, 0) is 122 Å². The Hall–Kier alpha value is -2.72. The Morgan fingerprint density at radius 2 is 1.07 bits per heavy atom. The van der Waals surface area contributed by atoms with E-state index in [1.54, 1.807) is 0 Å². The van der Waals surface area contributed by atoms with Crippen molar-refractivity contribution < 1.29 is 13.7 Å². The molecule has 0 heterocycles. The van der Waals surface area contributed by atoms with Crippen LogP contribution in [0.5, 0.6) is 5.75 Å². The highest BCUT2D eigenvalue weighted by molar-refractivity contribution is 8.30. The van der Waals surface area contributed by atoms with Crippen molar-refractivity contribution in [2.75, 3.05) is 6.61 Å². The lowest BCUT2D eigenvalue weighted by molar-refractivity contribution is -0.160. The van der Waals surface area contributed by atoms with Gasteiger partial charge in [-0.3, -0.25) is 4.79 Å². The maximum atomic E-state index is 14.6. The summed E-state index contributed by atoms with van der Waals surface area (Å²) in [5.41, 5.74) is -0.325. The Kier molecular flexibility index (Phi) is 10.9. The summed E-state index contributed by atoms with van der Waals surface area (Å²) >= 11 is 0. The third-order valence-corrected chi connectivity index (χ3v) is 14.0. The standard InChI is InChI=1S/C41H54O3S/c1-2-3-4-5-6-7-8-9-10-17-26-43-36-22-24-39(25-23-36)45(37-18-13-11-14-19-37,38-20-15-12-16-21-38)44-40(42)41-30-33-27-34(31-41)29-35(28-33)32-41/h11-16,18-25,33-35H,2-10,17,26-32H2,1H3. The number of rotatable bonds is 17. The Balaban J connectivity index is 1.17. The van der Waals surface area contributed by atoms with E-state index in [1.807, 2.05) is 12.1 Å². The molecule has 4 saturated carbocycles. The van der Waals surface area contributed by atoms with E-state index in [0.29, 0.717) is 17.8 Å². The molecule has 7 rings (SSSR count). The quantitative estimate of drug-likeness (QED) is 0.140. The van der Waals surface area contributed by atoms with Crippen molar-refractivity contribution in [3.63, 3.8) is 0 Å². The van der Waals surface area contributed by atoms with Gasteiger partial charge in [0, 0.05) is 14.7 Å². The van der Waals surface area contributed by atoms with Gasteiger partial charge < -0.3 is 8.92 Å². The monoisotopic (exact) mass is 626 g/mol. The van der Waals surface area contributed by atoms with Crippen LogP contribution in [0.3, 0.4) is 0 Å². The van der Waals surface area contributed by atoms with Crippen molar-refractivity contribution in [2.24, 2.45) is 23.2 Å². The molecule has 242 valence electrons. The van der Waals surface area contributed by atoms with E-state index in [4.69, 9.17) is 8.92 Å². The number of unbranched alkanes of at least 4 members (excludes halogenated alkanes) is 9. The minimum absolute atomic E-state index is 0.0330. The zero-order valence-electron chi connectivity index (χ0n) is 27.5. The fourth-order valence-electron chi connectivity index (χ4n) is 8.85. The van der Waals surface area contributed by atoms with Crippen LogP contribution in [0.4, 0.5) is 0 Å². The van der Waals surface area contributed by atoms with Gasteiger partial charge in [0.05, 0.1) is 12.0 Å². The van der Waals surface area contributed by atoms with Gasteiger partial charge in [-0.15, -0.1) is 0 Å². The van der Waals surface area contributed by atoms with E-state index in [-0.39, 0.29) is 11.4 Å². The van der Waals surface area contributed by atoms with Crippen LogP contribution in [0.15, 0.2) is 99.6 Å². The first-order valence-corrected chi connectivity index (χ1v) is 19.6. The average molecular weight is 627 g/mol. The van der Waals surface area contributed by atoms with Crippen LogP contribution >= 0.6 is 10.3 Å². The molecule has 0 atom stereocenters. The molecule has 4 aliphatic carbocycles. The maximum absolute atomic E-state index is 14.6. The summed E-state index contributed by atoms with van der Waals surface area (Å²) in [5.74, 6) is 2.98. The fourth-order valence-corrected chi connectivity index (χ4v) is 12.0. The molecule has 45 heavy (non-hydrogen) atoms.